The molecule has 0 aliphatic heterocycles. The summed E-state index contributed by atoms with van der Waals surface area (Å²) in [6.07, 6.45) is 6.36. The molecular formula is C12H23NO3. The maximum Gasteiger partial charge on any atom is 0.0897 e. The Morgan fingerprint density at radius 3 is 2.81 bits per heavy atom. The van der Waals surface area contributed by atoms with E-state index >= 15 is 0 Å². The van der Waals surface area contributed by atoms with Crippen LogP contribution in [0.4, 0.5) is 0 Å². The van der Waals surface area contributed by atoms with Crippen LogP contribution >= 0.6 is 0 Å². The van der Waals surface area contributed by atoms with Crippen LogP contribution in [-0.4, -0.2) is 50.7 Å². The van der Waals surface area contributed by atoms with Crippen molar-refractivity contribution in [1.82, 2.24) is 5.32 Å². The van der Waals surface area contributed by atoms with Gasteiger partial charge in [0.25, 0.3) is 0 Å². The quantitative estimate of drug-likeness (QED) is 0.420. The maximum atomic E-state index is 9.55. The smallest absolute Gasteiger partial charge is 0.0897 e. The van der Waals surface area contributed by atoms with Crippen molar-refractivity contribution in [3.05, 3.63) is 0 Å². The third kappa shape index (κ3) is 9.94. The first-order valence-corrected chi connectivity index (χ1v) is 5.63. The van der Waals surface area contributed by atoms with Gasteiger partial charge in [0.15, 0.2) is 0 Å². The number of aliphatic hydroxyl groups excluding tert-OH is 1. The standard InChI is InChI=1S/C12H23NO3/c1-4-5-6-7-13-8-12(14)10-16-11(2)9-15-3/h1,11-14H,5-10H2,2-3H3. The summed E-state index contributed by atoms with van der Waals surface area (Å²) >= 11 is 0. The van der Waals surface area contributed by atoms with Crippen LogP contribution in [0.2, 0.25) is 0 Å². The highest BCUT2D eigenvalue weighted by molar-refractivity contribution is 4.83. The Morgan fingerprint density at radius 2 is 2.19 bits per heavy atom. The van der Waals surface area contributed by atoms with Gasteiger partial charge in [-0.1, -0.05) is 0 Å². The third-order valence-electron chi connectivity index (χ3n) is 2.03. The van der Waals surface area contributed by atoms with Gasteiger partial charge in [-0.15, -0.1) is 12.3 Å². The summed E-state index contributed by atoms with van der Waals surface area (Å²) in [4.78, 5) is 0. The van der Waals surface area contributed by atoms with Gasteiger partial charge in [-0.3, -0.25) is 0 Å². The van der Waals surface area contributed by atoms with Crippen molar-refractivity contribution < 1.29 is 14.6 Å². The topological polar surface area (TPSA) is 50.7 Å². The fourth-order valence-corrected chi connectivity index (χ4v) is 1.20. The molecule has 0 aromatic heterocycles. The van der Waals surface area contributed by atoms with Crippen molar-refractivity contribution in [2.45, 2.75) is 32.0 Å². The van der Waals surface area contributed by atoms with Gasteiger partial charge in [0.05, 0.1) is 25.4 Å². The Hall–Kier alpha value is -0.600. The highest BCUT2D eigenvalue weighted by atomic mass is 16.5. The molecule has 0 bridgehead atoms. The Morgan fingerprint density at radius 1 is 1.44 bits per heavy atom. The minimum Gasteiger partial charge on any atom is -0.389 e. The average Bonchev–Trinajstić information content (AvgIpc) is 2.26. The molecule has 94 valence electrons. The van der Waals surface area contributed by atoms with Crippen LogP contribution in [0.25, 0.3) is 0 Å². The van der Waals surface area contributed by atoms with Crippen molar-refractivity contribution >= 4 is 0 Å². The summed E-state index contributed by atoms with van der Waals surface area (Å²) in [5.74, 6) is 2.57. The molecular weight excluding hydrogens is 206 g/mol. The highest BCUT2D eigenvalue weighted by Crippen LogP contribution is 1.93. The molecule has 4 heteroatoms. The van der Waals surface area contributed by atoms with Crippen LogP contribution in [-0.2, 0) is 9.47 Å². The van der Waals surface area contributed by atoms with Crippen molar-refractivity contribution in [2.75, 3.05) is 33.4 Å². The van der Waals surface area contributed by atoms with Gasteiger partial charge in [-0.25, -0.2) is 0 Å². The van der Waals surface area contributed by atoms with Gasteiger partial charge in [-0.2, -0.15) is 0 Å². The number of terminal acetylenes is 1. The molecule has 0 fully saturated rings. The molecule has 0 saturated carbocycles. The lowest BCUT2D eigenvalue weighted by Crippen LogP contribution is -2.32. The molecule has 0 heterocycles. The second-order valence-electron chi connectivity index (χ2n) is 3.76. The molecule has 0 amide bonds. The summed E-state index contributed by atoms with van der Waals surface area (Å²) in [7, 11) is 1.63. The number of methoxy groups -OCH3 is 1. The fraction of sp³-hybridized carbons (Fsp3) is 0.833. The molecule has 0 aromatic carbocycles. The van der Waals surface area contributed by atoms with Crippen LogP contribution in [0.15, 0.2) is 0 Å². The molecule has 0 aliphatic carbocycles. The number of ether oxygens (including phenoxy) is 2. The minimum absolute atomic E-state index is 0.0149. The second-order valence-corrected chi connectivity index (χ2v) is 3.76. The number of hydrogen-bond acceptors (Lipinski definition) is 4. The number of rotatable bonds is 10. The Kier molecular flexibility index (Phi) is 10.5. The third-order valence-corrected chi connectivity index (χ3v) is 2.03. The summed E-state index contributed by atoms with van der Waals surface area (Å²) in [5.41, 5.74) is 0. The Balaban J connectivity index is 3.31. The summed E-state index contributed by atoms with van der Waals surface area (Å²) in [6, 6.07) is 0. The van der Waals surface area contributed by atoms with E-state index in [4.69, 9.17) is 15.9 Å². The lowest BCUT2D eigenvalue weighted by molar-refractivity contribution is -0.0310. The molecule has 0 aromatic rings. The van der Waals surface area contributed by atoms with Crippen molar-refractivity contribution in [3.8, 4) is 12.3 Å². The normalized spacial score (nSPS) is 14.4. The van der Waals surface area contributed by atoms with E-state index in [1.165, 1.54) is 0 Å². The Bertz CT molecular complexity index is 191. The average molecular weight is 229 g/mol. The summed E-state index contributed by atoms with van der Waals surface area (Å²) in [5, 5.41) is 12.7. The number of hydrogen-bond donors (Lipinski definition) is 2. The molecule has 16 heavy (non-hydrogen) atoms. The SMILES string of the molecule is C#CCCCNCC(O)COC(C)COC. The molecule has 0 aliphatic rings. The number of unbranched alkanes of at least 4 members (excludes halogenated alkanes) is 1. The summed E-state index contributed by atoms with van der Waals surface area (Å²) in [6.45, 7) is 4.14. The van der Waals surface area contributed by atoms with Crippen LogP contribution in [0.3, 0.4) is 0 Å². The largest absolute Gasteiger partial charge is 0.389 e. The predicted octanol–water partition coefficient (Wildman–Crippen LogP) is 0.402. The lowest BCUT2D eigenvalue weighted by Gasteiger charge is -2.16. The predicted molar refractivity (Wildman–Crippen MR) is 64.2 cm³/mol. The maximum absolute atomic E-state index is 9.55. The molecule has 2 N–H and O–H groups in total. The fourth-order valence-electron chi connectivity index (χ4n) is 1.20. The van der Waals surface area contributed by atoms with Gasteiger partial charge in [0.1, 0.15) is 0 Å². The number of aliphatic hydroxyl groups is 1. The summed E-state index contributed by atoms with van der Waals surface area (Å²) < 4.78 is 10.3. The molecule has 2 unspecified atom stereocenters. The van der Waals surface area contributed by atoms with Crippen molar-refractivity contribution in [2.24, 2.45) is 0 Å². The van der Waals surface area contributed by atoms with E-state index < -0.39 is 6.10 Å². The van der Waals surface area contributed by atoms with E-state index in [1.807, 2.05) is 6.92 Å². The van der Waals surface area contributed by atoms with Crippen molar-refractivity contribution in [1.29, 1.82) is 0 Å². The molecule has 0 rings (SSSR count). The van der Waals surface area contributed by atoms with E-state index in [2.05, 4.69) is 11.2 Å². The molecule has 0 spiro atoms. The Labute approximate surface area is 98.3 Å². The zero-order valence-electron chi connectivity index (χ0n) is 10.2. The second kappa shape index (κ2) is 10.9. The molecule has 0 saturated heterocycles. The number of nitrogens with one attached hydrogen (secondary N) is 1. The van der Waals surface area contributed by atoms with Crippen LogP contribution in [0.5, 0.6) is 0 Å². The lowest BCUT2D eigenvalue weighted by atomic mass is 10.3. The first-order chi connectivity index (χ1) is 7.70. The molecule has 4 nitrogen and oxygen atoms in total. The minimum atomic E-state index is -0.481. The van der Waals surface area contributed by atoms with E-state index in [1.54, 1.807) is 7.11 Å². The molecule has 2 atom stereocenters. The van der Waals surface area contributed by atoms with Gasteiger partial charge < -0.3 is 19.9 Å². The first kappa shape index (κ1) is 15.4. The van der Waals surface area contributed by atoms with E-state index in [9.17, 15) is 5.11 Å². The van der Waals surface area contributed by atoms with Crippen molar-refractivity contribution in [3.63, 3.8) is 0 Å². The van der Waals surface area contributed by atoms with Crippen LogP contribution < -0.4 is 5.32 Å². The molecule has 0 radical (unpaired) electrons. The van der Waals surface area contributed by atoms with E-state index in [0.717, 1.165) is 19.4 Å². The van der Waals surface area contributed by atoms with Gasteiger partial charge in [-0.05, 0) is 19.9 Å². The van der Waals surface area contributed by atoms with Gasteiger partial charge in [0, 0.05) is 20.1 Å². The van der Waals surface area contributed by atoms with Gasteiger partial charge in [0.2, 0.25) is 0 Å². The zero-order valence-corrected chi connectivity index (χ0v) is 10.2. The van der Waals surface area contributed by atoms with Crippen LogP contribution in [0, 0.1) is 12.3 Å². The highest BCUT2D eigenvalue weighted by Gasteiger charge is 2.07. The van der Waals surface area contributed by atoms with E-state index in [-0.39, 0.29) is 6.10 Å². The zero-order chi connectivity index (χ0) is 12.2. The van der Waals surface area contributed by atoms with Crippen LogP contribution in [0.1, 0.15) is 19.8 Å². The van der Waals surface area contributed by atoms with E-state index in [0.29, 0.717) is 19.8 Å². The first-order valence-electron chi connectivity index (χ1n) is 5.63. The monoisotopic (exact) mass is 229 g/mol. The van der Waals surface area contributed by atoms with Gasteiger partial charge >= 0.3 is 0 Å².